The second kappa shape index (κ2) is 5.92. The zero-order valence-electron chi connectivity index (χ0n) is 11.7. The van der Waals surface area contributed by atoms with Gasteiger partial charge in [-0.2, -0.15) is 4.98 Å². The monoisotopic (exact) mass is 416 g/mol. The van der Waals surface area contributed by atoms with Gasteiger partial charge in [0.25, 0.3) is 0 Å². The molecule has 110 valence electrons. The van der Waals surface area contributed by atoms with E-state index in [1.165, 1.54) is 0 Å². The molecule has 1 unspecified atom stereocenters. The molecule has 0 aliphatic heterocycles. The normalized spacial score (nSPS) is 13.0. The first-order chi connectivity index (χ1) is 10.0. The van der Waals surface area contributed by atoms with E-state index in [9.17, 15) is 0 Å². The van der Waals surface area contributed by atoms with Gasteiger partial charge >= 0.3 is 0 Å². The number of halogens is 2. The van der Waals surface area contributed by atoms with Crippen LogP contribution in [0.1, 0.15) is 29.8 Å². The van der Waals surface area contributed by atoms with E-state index in [4.69, 9.17) is 16.1 Å². The highest BCUT2D eigenvalue weighted by atomic mass is 127. The Morgan fingerprint density at radius 1 is 1.38 bits per heavy atom. The summed E-state index contributed by atoms with van der Waals surface area (Å²) in [5.41, 5.74) is 2.05. The molecule has 5 nitrogen and oxygen atoms in total. The third kappa shape index (κ3) is 3.06. The summed E-state index contributed by atoms with van der Waals surface area (Å²) in [7, 11) is 0. The van der Waals surface area contributed by atoms with Crippen LogP contribution in [0.3, 0.4) is 0 Å². The van der Waals surface area contributed by atoms with Gasteiger partial charge in [0, 0.05) is 23.5 Å². The quantitative estimate of drug-likeness (QED) is 0.478. The summed E-state index contributed by atoms with van der Waals surface area (Å²) in [6.07, 6.45) is 0.686. The van der Waals surface area contributed by atoms with Gasteiger partial charge in [-0.3, -0.25) is 0 Å². The van der Waals surface area contributed by atoms with Crippen molar-refractivity contribution in [3.05, 3.63) is 39.3 Å². The highest BCUT2D eigenvalue weighted by molar-refractivity contribution is 14.1. The lowest BCUT2D eigenvalue weighted by molar-refractivity contribution is 0.386. The molecule has 0 N–H and O–H groups in total. The topological polar surface area (TPSA) is 56.7 Å². The third-order valence-electron chi connectivity index (χ3n) is 3.22. The molecule has 7 heteroatoms. The molecule has 0 amide bonds. The molecule has 0 saturated heterocycles. The predicted molar refractivity (Wildman–Crippen MR) is 89.5 cm³/mol. The van der Waals surface area contributed by atoms with Crippen molar-refractivity contribution in [2.75, 3.05) is 0 Å². The van der Waals surface area contributed by atoms with Gasteiger partial charge in [-0.15, -0.1) is 11.6 Å². The van der Waals surface area contributed by atoms with Crippen LogP contribution in [0.2, 0.25) is 0 Å². The Balaban J connectivity index is 1.97. The average Bonchev–Trinajstić information content (AvgIpc) is 2.99. The number of aromatic nitrogens is 4. The van der Waals surface area contributed by atoms with Crippen molar-refractivity contribution in [2.24, 2.45) is 0 Å². The SMILES string of the molecule is Cc1nc(CCn2c(C(C)Cl)nc3cc(I)ccc32)no1. The maximum Gasteiger partial charge on any atom is 0.223 e. The Bertz CT molecular complexity index is 780. The smallest absolute Gasteiger partial charge is 0.223 e. The Morgan fingerprint density at radius 2 is 2.19 bits per heavy atom. The summed E-state index contributed by atoms with van der Waals surface area (Å²) in [5, 5.41) is 3.78. The van der Waals surface area contributed by atoms with Crippen LogP contribution < -0.4 is 0 Å². The first-order valence-electron chi connectivity index (χ1n) is 6.63. The molecule has 1 aromatic carbocycles. The fraction of sp³-hybridized carbons (Fsp3) is 0.357. The van der Waals surface area contributed by atoms with E-state index in [0.29, 0.717) is 18.1 Å². The van der Waals surface area contributed by atoms with Crippen LogP contribution in [0.25, 0.3) is 11.0 Å². The van der Waals surface area contributed by atoms with Crippen LogP contribution in [0.5, 0.6) is 0 Å². The standard InChI is InChI=1S/C14H14ClIN4O/c1-8(15)14-18-11-7-10(16)3-4-12(11)20(14)6-5-13-17-9(2)21-19-13/h3-4,7-8H,5-6H2,1-2H3. The van der Waals surface area contributed by atoms with Gasteiger partial charge in [0.15, 0.2) is 5.82 Å². The summed E-state index contributed by atoms with van der Waals surface area (Å²) in [5.74, 6) is 2.16. The molecule has 0 fully saturated rings. The summed E-state index contributed by atoms with van der Waals surface area (Å²) in [6.45, 7) is 4.45. The molecule has 0 radical (unpaired) electrons. The first-order valence-corrected chi connectivity index (χ1v) is 8.15. The minimum Gasteiger partial charge on any atom is -0.340 e. The first kappa shape index (κ1) is 14.8. The summed E-state index contributed by atoms with van der Waals surface area (Å²) >= 11 is 8.56. The number of imidazole rings is 1. The van der Waals surface area contributed by atoms with E-state index in [2.05, 4.69) is 60.5 Å². The van der Waals surface area contributed by atoms with Gasteiger partial charge in [0.2, 0.25) is 5.89 Å². The van der Waals surface area contributed by atoms with Gasteiger partial charge in [-0.25, -0.2) is 4.98 Å². The summed E-state index contributed by atoms with van der Waals surface area (Å²) in [6, 6.07) is 6.21. The van der Waals surface area contributed by atoms with Crippen molar-refractivity contribution >= 4 is 45.2 Å². The lowest BCUT2D eigenvalue weighted by Crippen LogP contribution is -2.07. The highest BCUT2D eigenvalue weighted by Crippen LogP contribution is 2.26. The number of rotatable bonds is 4. The van der Waals surface area contributed by atoms with Gasteiger partial charge in [0.05, 0.1) is 16.4 Å². The highest BCUT2D eigenvalue weighted by Gasteiger charge is 2.15. The number of alkyl halides is 1. The zero-order valence-corrected chi connectivity index (χ0v) is 14.6. The number of hydrogen-bond acceptors (Lipinski definition) is 4. The molecule has 0 saturated carbocycles. The van der Waals surface area contributed by atoms with Crippen molar-refractivity contribution in [2.45, 2.75) is 32.2 Å². The van der Waals surface area contributed by atoms with E-state index >= 15 is 0 Å². The maximum atomic E-state index is 6.27. The summed E-state index contributed by atoms with van der Waals surface area (Å²) < 4.78 is 8.30. The number of hydrogen-bond donors (Lipinski definition) is 0. The number of benzene rings is 1. The Morgan fingerprint density at radius 3 is 2.86 bits per heavy atom. The molecule has 0 spiro atoms. The Kier molecular flexibility index (Phi) is 4.17. The molecule has 0 bridgehead atoms. The lowest BCUT2D eigenvalue weighted by Gasteiger charge is -2.09. The minimum absolute atomic E-state index is 0.151. The lowest BCUT2D eigenvalue weighted by atomic mass is 10.3. The Hall–Kier alpha value is -1.15. The summed E-state index contributed by atoms with van der Waals surface area (Å²) in [4.78, 5) is 8.89. The number of fused-ring (bicyclic) bond motifs is 1. The van der Waals surface area contributed by atoms with Crippen LogP contribution in [-0.4, -0.2) is 19.7 Å². The van der Waals surface area contributed by atoms with Crippen LogP contribution >= 0.6 is 34.2 Å². The largest absolute Gasteiger partial charge is 0.340 e. The van der Waals surface area contributed by atoms with Gasteiger partial charge in [0.1, 0.15) is 5.82 Å². The molecule has 0 aliphatic rings. The van der Waals surface area contributed by atoms with Crippen molar-refractivity contribution in [1.82, 2.24) is 19.7 Å². The van der Waals surface area contributed by atoms with E-state index < -0.39 is 0 Å². The van der Waals surface area contributed by atoms with E-state index in [1.54, 1.807) is 6.92 Å². The fourth-order valence-corrected chi connectivity index (χ4v) is 2.96. The zero-order chi connectivity index (χ0) is 15.0. The molecule has 2 aromatic heterocycles. The molecule has 21 heavy (non-hydrogen) atoms. The minimum atomic E-state index is -0.151. The second-order valence-corrected chi connectivity index (χ2v) is 6.75. The van der Waals surface area contributed by atoms with E-state index in [-0.39, 0.29) is 5.38 Å². The second-order valence-electron chi connectivity index (χ2n) is 4.85. The van der Waals surface area contributed by atoms with Gasteiger partial charge < -0.3 is 9.09 Å². The van der Waals surface area contributed by atoms with Crippen molar-refractivity contribution in [3.8, 4) is 0 Å². The van der Waals surface area contributed by atoms with Gasteiger partial charge in [-0.1, -0.05) is 5.16 Å². The molecular formula is C14H14ClIN4O. The van der Waals surface area contributed by atoms with Crippen molar-refractivity contribution in [1.29, 1.82) is 0 Å². The Labute approximate surface area is 140 Å². The maximum absolute atomic E-state index is 6.27. The van der Waals surface area contributed by atoms with Crippen LogP contribution in [0.4, 0.5) is 0 Å². The van der Waals surface area contributed by atoms with Gasteiger partial charge in [-0.05, 0) is 47.7 Å². The van der Waals surface area contributed by atoms with E-state index in [1.807, 2.05) is 6.92 Å². The van der Waals surface area contributed by atoms with Crippen LogP contribution in [0, 0.1) is 10.5 Å². The molecule has 2 heterocycles. The molecule has 3 rings (SSSR count). The van der Waals surface area contributed by atoms with Crippen LogP contribution in [0.15, 0.2) is 22.7 Å². The average molecular weight is 417 g/mol. The molecule has 0 aliphatic carbocycles. The number of aryl methyl sites for hydroxylation is 3. The molecule has 1 atom stereocenters. The fourth-order valence-electron chi connectivity index (χ4n) is 2.31. The molecule has 3 aromatic rings. The van der Waals surface area contributed by atoms with Crippen molar-refractivity contribution in [3.63, 3.8) is 0 Å². The van der Waals surface area contributed by atoms with E-state index in [0.717, 1.165) is 27.0 Å². The number of nitrogens with zero attached hydrogens (tertiary/aromatic N) is 4. The molecular weight excluding hydrogens is 403 g/mol. The third-order valence-corrected chi connectivity index (χ3v) is 4.09. The predicted octanol–water partition coefficient (Wildman–Crippen LogP) is 3.87. The van der Waals surface area contributed by atoms with Crippen LogP contribution in [-0.2, 0) is 13.0 Å². The van der Waals surface area contributed by atoms with Crippen molar-refractivity contribution < 1.29 is 4.52 Å².